The van der Waals surface area contributed by atoms with Crippen LogP contribution < -0.4 is 10.6 Å². The summed E-state index contributed by atoms with van der Waals surface area (Å²) in [6.45, 7) is 5.45. The summed E-state index contributed by atoms with van der Waals surface area (Å²) in [5.41, 5.74) is 0. The number of rotatable bonds is 6. The van der Waals surface area contributed by atoms with E-state index in [4.69, 9.17) is 4.74 Å². The lowest BCUT2D eigenvalue weighted by atomic mass is 10.0. The predicted molar refractivity (Wildman–Crippen MR) is 66.0 cm³/mol. The number of ether oxygens (including phenoxy) is 2. The summed E-state index contributed by atoms with van der Waals surface area (Å²) in [5, 5.41) is 5.92. The molecule has 3 unspecified atom stereocenters. The van der Waals surface area contributed by atoms with E-state index in [1.165, 1.54) is 7.11 Å². The molecule has 6 nitrogen and oxygen atoms in total. The van der Waals surface area contributed by atoms with Gasteiger partial charge in [0.25, 0.3) is 0 Å². The molecule has 1 aliphatic heterocycles. The van der Waals surface area contributed by atoms with Gasteiger partial charge in [-0.3, -0.25) is 4.79 Å². The van der Waals surface area contributed by atoms with Gasteiger partial charge in [-0.1, -0.05) is 6.92 Å². The summed E-state index contributed by atoms with van der Waals surface area (Å²) < 4.78 is 9.88. The third-order valence-corrected chi connectivity index (χ3v) is 2.99. The minimum absolute atomic E-state index is 0.0230. The summed E-state index contributed by atoms with van der Waals surface area (Å²) in [5.74, 6) is -0.858. The molecule has 1 aliphatic rings. The molecule has 0 saturated carbocycles. The summed E-state index contributed by atoms with van der Waals surface area (Å²) >= 11 is 0. The second-order valence-corrected chi connectivity index (χ2v) is 4.46. The summed E-state index contributed by atoms with van der Waals surface area (Å²) in [4.78, 5) is 23.2. The maximum absolute atomic E-state index is 12.0. The molecule has 1 amide bonds. The van der Waals surface area contributed by atoms with Gasteiger partial charge in [0.1, 0.15) is 6.04 Å². The van der Waals surface area contributed by atoms with Crippen molar-refractivity contribution in [1.82, 2.24) is 10.6 Å². The molecule has 6 heteroatoms. The average molecular weight is 258 g/mol. The number of amides is 1. The van der Waals surface area contributed by atoms with Crippen LogP contribution in [0.2, 0.25) is 0 Å². The fraction of sp³-hybridized carbons (Fsp3) is 0.833. The third-order valence-electron chi connectivity index (χ3n) is 2.99. The third kappa shape index (κ3) is 3.96. The summed E-state index contributed by atoms with van der Waals surface area (Å²) in [6.07, 6.45) is 1.00. The van der Waals surface area contributed by atoms with Crippen molar-refractivity contribution in [3.63, 3.8) is 0 Å². The largest absolute Gasteiger partial charge is 0.467 e. The number of hydrogen-bond donors (Lipinski definition) is 2. The maximum Gasteiger partial charge on any atom is 0.328 e. The Hall–Kier alpha value is -1.14. The van der Waals surface area contributed by atoms with Crippen LogP contribution in [0.4, 0.5) is 0 Å². The number of nitrogens with one attached hydrogen (secondary N) is 2. The Morgan fingerprint density at radius 3 is 2.78 bits per heavy atom. The molecule has 0 spiro atoms. The van der Waals surface area contributed by atoms with Crippen molar-refractivity contribution in [2.45, 2.75) is 32.4 Å². The van der Waals surface area contributed by atoms with Crippen LogP contribution in [0.15, 0.2) is 0 Å². The molecule has 0 aromatic heterocycles. The van der Waals surface area contributed by atoms with Gasteiger partial charge in [0.2, 0.25) is 5.91 Å². The molecule has 0 aliphatic carbocycles. The number of methoxy groups -OCH3 is 1. The summed E-state index contributed by atoms with van der Waals surface area (Å²) in [7, 11) is 1.30. The van der Waals surface area contributed by atoms with Crippen molar-refractivity contribution in [3.05, 3.63) is 0 Å². The van der Waals surface area contributed by atoms with E-state index < -0.39 is 12.0 Å². The molecule has 0 aromatic rings. The number of esters is 1. The molecule has 18 heavy (non-hydrogen) atoms. The molecule has 0 aromatic carbocycles. The maximum atomic E-state index is 12.0. The van der Waals surface area contributed by atoms with Gasteiger partial charge >= 0.3 is 5.97 Å². The molecule has 0 bridgehead atoms. The monoisotopic (exact) mass is 258 g/mol. The van der Waals surface area contributed by atoms with Crippen molar-refractivity contribution in [1.29, 1.82) is 0 Å². The van der Waals surface area contributed by atoms with Crippen molar-refractivity contribution in [3.8, 4) is 0 Å². The van der Waals surface area contributed by atoms with E-state index in [0.29, 0.717) is 13.2 Å². The molecule has 2 N–H and O–H groups in total. The van der Waals surface area contributed by atoms with Gasteiger partial charge in [-0.2, -0.15) is 0 Å². The van der Waals surface area contributed by atoms with Crippen LogP contribution in [-0.4, -0.2) is 50.8 Å². The van der Waals surface area contributed by atoms with E-state index in [9.17, 15) is 9.59 Å². The first kappa shape index (κ1) is 14.9. The molecule has 1 fully saturated rings. The van der Waals surface area contributed by atoms with Gasteiger partial charge in [-0.05, 0) is 19.9 Å². The molecule has 3 atom stereocenters. The predicted octanol–water partition coefficient (Wildman–Crippen LogP) is -0.321. The van der Waals surface area contributed by atoms with Crippen LogP contribution in [0.3, 0.4) is 0 Å². The number of carbonyl (C=O) groups excluding carboxylic acids is 2. The highest BCUT2D eigenvalue weighted by Gasteiger charge is 2.34. The number of carbonyl (C=O) groups is 2. The van der Waals surface area contributed by atoms with Crippen LogP contribution in [0, 0.1) is 5.92 Å². The zero-order chi connectivity index (χ0) is 13.5. The van der Waals surface area contributed by atoms with E-state index in [1.807, 2.05) is 0 Å². The first-order valence-corrected chi connectivity index (χ1v) is 6.29. The van der Waals surface area contributed by atoms with Crippen LogP contribution >= 0.6 is 0 Å². The molecule has 1 rings (SSSR count). The van der Waals surface area contributed by atoms with Crippen molar-refractivity contribution >= 4 is 11.9 Å². The Morgan fingerprint density at radius 1 is 1.44 bits per heavy atom. The molecule has 1 heterocycles. The van der Waals surface area contributed by atoms with Crippen LogP contribution in [0.5, 0.6) is 0 Å². The van der Waals surface area contributed by atoms with Crippen LogP contribution in [0.1, 0.15) is 20.3 Å². The fourth-order valence-corrected chi connectivity index (χ4v) is 1.90. The second kappa shape index (κ2) is 7.33. The fourth-order valence-electron chi connectivity index (χ4n) is 1.90. The Kier molecular flexibility index (Phi) is 6.07. The van der Waals surface area contributed by atoms with Crippen molar-refractivity contribution < 1.29 is 19.1 Å². The molecule has 0 radical (unpaired) electrons. The normalized spacial score (nSPS) is 24.6. The lowest BCUT2D eigenvalue weighted by Crippen LogP contribution is -2.48. The highest BCUT2D eigenvalue weighted by molar-refractivity contribution is 5.86. The van der Waals surface area contributed by atoms with Gasteiger partial charge < -0.3 is 20.1 Å². The average Bonchev–Trinajstić information content (AvgIpc) is 2.83. The number of hydrogen-bond acceptors (Lipinski definition) is 5. The van der Waals surface area contributed by atoms with Crippen LogP contribution in [0.25, 0.3) is 0 Å². The van der Waals surface area contributed by atoms with E-state index in [2.05, 4.69) is 22.3 Å². The van der Waals surface area contributed by atoms with Gasteiger partial charge in [0.05, 0.1) is 26.2 Å². The zero-order valence-corrected chi connectivity index (χ0v) is 11.2. The van der Waals surface area contributed by atoms with E-state index in [1.54, 1.807) is 6.92 Å². The summed E-state index contributed by atoms with van der Waals surface area (Å²) in [6, 6.07) is -0.607. The Bertz CT molecular complexity index is 296. The first-order chi connectivity index (χ1) is 8.60. The standard InChI is InChI=1S/C12H22N2O4/c1-4-5-13-10-7-18-6-9(10)11(15)14-8(2)12(16)17-3/h8-10,13H,4-7H2,1-3H3,(H,14,15). The minimum atomic E-state index is -0.630. The highest BCUT2D eigenvalue weighted by Crippen LogP contribution is 2.14. The quantitative estimate of drug-likeness (QED) is 0.638. The van der Waals surface area contributed by atoms with E-state index in [0.717, 1.165) is 13.0 Å². The van der Waals surface area contributed by atoms with Gasteiger partial charge in [-0.15, -0.1) is 0 Å². The smallest absolute Gasteiger partial charge is 0.328 e. The lowest BCUT2D eigenvalue weighted by molar-refractivity contribution is -0.145. The molecule has 104 valence electrons. The van der Waals surface area contributed by atoms with Crippen molar-refractivity contribution in [2.75, 3.05) is 26.9 Å². The molecular weight excluding hydrogens is 236 g/mol. The first-order valence-electron chi connectivity index (χ1n) is 6.29. The van der Waals surface area contributed by atoms with E-state index >= 15 is 0 Å². The Labute approximate surface area is 107 Å². The zero-order valence-electron chi connectivity index (χ0n) is 11.2. The van der Waals surface area contributed by atoms with E-state index in [-0.39, 0.29) is 17.9 Å². The van der Waals surface area contributed by atoms with Crippen molar-refractivity contribution in [2.24, 2.45) is 5.92 Å². The lowest BCUT2D eigenvalue weighted by Gasteiger charge is -2.20. The van der Waals surface area contributed by atoms with Gasteiger partial charge in [0.15, 0.2) is 0 Å². The SMILES string of the molecule is CCCNC1COCC1C(=O)NC(C)C(=O)OC. The van der Waals surface area contributed by atoms with Gasteiger partial charge in [-0.25, -0.2) is 4.79 Å². The second-order valence-electron chi connectivity index (χ2n) is 4.46. The Morgan fingerprint density at radius 2 is 2.17 bits per heavy atom. The topological polar surface area (TPSA) is 76.7 Å². The minimum Gasteiger partial charge on any atom is -0.467 e. The van der Waals surface area contributed by atoms with Crippen LogP contribution in [-0.2, 0) is 19.1 Å². The molecule has 1 saturated heterocycles. The Balaban J connectivity index is 2.47. The highest BCUT2D eigenvalue weighted by atomic mass is 16.5. The van der Waals surface area contributed by atoms with Gasteiger partial charge in [0, 0.05) is 6.04 Å². The molecular formula is C12H22N2O4.